The van der Waals surface area contributed by atoms with Crippen molar-refractivity contribution < 1.29 is 23.2 Å². The van der Waals surface area contributed by atoms with E-state index in [1.54, 1.807) is 25.1 Å². The van der Waals surface area contributed by atoms with Gasteiger partial charge in [-0.3, -0.25) is 20.4 Å². The summed E-state index contributed by atoms with van der Waals surface area (Å²) in [6, 6.07) is 14.7. The molecule has 2 amide bonds. The fourth-order valence-electron chi connectivity index (χ4n) is 2.36. The zero-order valence-electron chi connectivity index (χ0n) is 14.4. The van der Waals surface area contributed by atoms with Crippen LogP contribution in [0.4, 0.5) is 4.39 Å². The number of nitrogens with one attached hydrogen (secondary N) is 2. The van der Waals surface area contributed by atoms with Crippen LogP contribution >= 0.6 is 0 Å². The molecule has 3 rings (SSSR count). The van der Waals surface area contributed by atoms with Crippen LogP contribution in [-0.4, -0.2) is 23.6 Å². The smallest absolute Gasteiger partial charge is 0.276 e. The predicted octanol–water partition coefficient (Wildman–Crippen LogP) is 2.63. The number of hydrazine groups is 1. The number of benzene rings is 2. The summed E-state index contributed by atoms with van der Waals surface area (Å²) in [5, 5.41) is 3.90. The molecule has 138 valence electrons. The Morgan fingerprint density at radius 1 is 1.07 bits per heavy atom. The van der Waals surface area contributed by atoms with Gasteiger partial charge in [0.2, 0.25) is 0 Å². The number of halogens is 1. The van der Waals surface area contributed by atoms with Gasteiger partial charge in [0.25, 0.3) is 11.8 Å². The number of para-hydroxylation sites is 1. The lowest BCUT2D eigenvalue weighted by Crippen LogP contribution is -2.44. The van der Waals surface area contributed by atoms with Gasteiger partial charge in [0.15, 0.2) is 18.2 Å². The Morgan fingerprint density at radius 2 is 1.78 bits per heavy atom. The third-order valence-electron chi connectivity index (χ3n) is 3.65. The van der Waals surface area contributed by atoms with E-state index in [1.807, 2.05) is 18.2 Å². The molecular formula is C19H16FN3O4. The van der Waals surface area contributed by atoms with E-state index in [2.05, 4.69) is 16.0 Å². The molecule has 3 aromatic rings. The lowest BCUT2D eigenvalue weighted by molar-refractivity contribution is -0.123. The summed E-state index contributed by atoms with van der Waals surface area (Å²) < 4.78 is 23.6. The highest BCUT2D eigenvalue weighted by molar-refractivity contribution is 6.01. The summed E-state index contributed by atoms with van der Waals surface area (Å²) in [5.41, 5.74) is 5.76. The van der Waals surface area contributed by atoms with Crippen molar-refractivity contribution in [2.75, 3.05) is 6.61 Å². The Kier molecular flexibility index (Phi) is 5.46. The molecule has 0 fully saturated rings. The monoisotopic (exact) mass is 369 g/mol. The summed E-state index contributed by atoms with van der Waals surface area (Å²) in [7, 11) is 0. The number of hydrogen-bond donors (Lipinski definition) is 2. The molecule has 0 saturated heterocycles. The Balaban J connectivity index is 1.61. The number of carbonyl (C=O) groups excluding carboxylic acids is 2. The third-order valence-corrected chi connectivity index (χ3v) is 3.65. The number of rotatable bonds is 5. The van der Waals surface area contributed by atoms with Gasteiger partial charge in [-0.1, -0.05) is 47.6 Å². The van der Waals surface area contributed by atoms with Crippen LogP contribution in [0.1, 0.15) is 16.1 Å². The van der Waals surface area contributed by atoms with Gasteiger partial charge in [-0.2, -0.15) is 0 Å². The van der Waals surface area contributed by atoms with Crippen molar-refractivity contribution in [3.8, 4) is 17.0 Å². The molecule has 0 spiro atoms. The third kappa shape index (κ3) is 4.30. The highest BCUT2D eigenvalue weighted by atomic mass is 19.1. The number of nitrogens with zero attached hydrogens (tertiary/aromatic N) is 1. The number of amides is 2. The molecule has 0 radical (unpaired) electrons. The Labute approximate surface area is 154 Å². The molecule has 1 heterocycles. The van der Waals surface area contributed by atoms with Gasteiger partial charge in [0.05, 0.1) is 0 Å². The second-order valence-corrected chi connectivity index (χ2v) is 5.55. The molecule has 0 unspecified atom stereocenters. The van der Waals surface area contributed by atoms with Gasteiger partial charge in [-0.15, -0.1) is 0 Å². The molecule has 0 aliphatic carbocycles. The average molecular weight is 369 g/mol. The molecule has 7 nitrogen and oxygen atoms in total. The SMILES string of the molecule is Cc1onc(-c2ccccc2)c1C(=O)NNC(=O)COc1ccccc1F. The first kappa shape index (κ1) is 18.1. The van der Waals surface area contributed by atoms with Crippen LogP contribution in [0.3, 0.4) is 0 Å². The van der Waals surface area contributed by atoms with E-state index in [-0.39, 0.29) is 11.3 Å². The first-order valence-electron chi connectivity index (χ1n) is 8.04. The van der Waals surface area contributed by atoms with E-state index < -0.39 is 24.2 Å². The molecule has 27 heavy (non-hydrogen) atoms. The summed E-state index contributed by atoms with van der Waals surface area (Å²) in [6.45, 7) is 1.13. The van der Waals surface area contributed by atoms with E-state index >= 15 is 0 Å². The van der Waals surface area contributed by atoms with Crippen molar-refractivity contribution in [3.05, 3.63) is 71.7 Å². The van der Waals surface area contributed by atoms with Crippen molar-refractivity contribution in [3.63, 3.8) is 0 Å². The fourth-order valence-corrected chi connectivity index (χ4v) is 2.36. The van der Waals surface area contributed by atoms with Crippen LogP contribution in [0.2, 0.25) is 0 Å². The van der Waals surface area contributed by atoms with Gasteiger partial charge < -0.3 is 9.26 Å². The van der Waals surface area contributed by atoms with Crippen molar-refractivity contribution in [2.45, 2.75) is 6.92 Å². The second kappa shape index (κ2) is 8.13. The number of carbonyl (C=O) groups is 2. The number of aromatic nitrogens is 1. The minimum absolute atomic E-state index is 0.0554. The van der Waals surface area contributed by atoms with E-state index in [0.29, 0.717) is 17.0 Å². The topological polar surface area (TPSA) is 93.5 Å². The maximum atomic E-state index is 13.4. The molecule has 0 aliphatic rings. The quantitative estimate of drug-likeness (QED) is 0.675. The standard InChI is InChI=1S/C19H16FN3O4/c1-12-17(18(23-27-12)13-7-3-2-4-8-13)19(25)22-21-16(24)11-26-15-10-6-5-9-14(15)20/h2-10H,11H2,1H3,(H,21,24)(H,22,25). The van der Waals surface area contributed by atoms with Gasteiger partial charge in [-0.25, -0.2) is 4.39 Å². The van der Waals surface area contributed by atoms with E-state index in [9.17, 15) is 14.0 Å². The fraction of sp³-hybridized carbons (Fsp3) is 0.105. The minimum atomic E-state index is -0.651. The van der Waals surface area contributed by atoms with Crippen LogP contribution in [0.5, 0.6) is 5.75 Å². The Bertz CT molecular complexity index is 957. The second-order valence-electron chi connectivity index (χ2n) is 5.55. The van der Waals surface area contributed by atoms with Crippen molar-refractivity contribution in [2.24, 2.45) is 0 Å². The molecule has 1 aromatic heterocycles. The summed E-state index contributed by atoms with van der Waals surface area (Å²) in [4.78, 5) is 24.3. The lowest BCUT2D eigenvalue weighted by Gasteiger charge is -2.09. The van der Waals surface area contributed by atoms with Crippen molar-refractivity contribution >= 4 is 11.8 Å². The van der Waals surface area contributed by atoms with Crippen molar-refractivity contribution in [1.82, 2.24) is 16.0 Å². The van der Waals surface area contributed by atoms with E-state index in [4.69, 9.17) is 9.26 Å². The van der Waals surface area contributed by atoms with Crippen LogP contribution in [0, 0.1) is 12.7 Å². The van der Waals surface area contributed by atoms with Crippen molar-refractivity contribution in [1.29, 1.82) is 0 Å². The predicted molar refractivity (Wildman–Crippen MR) is 94.2 cm³/mol. The van der Waals surface area contributed by atoms with Gasteiger partial charge >= 0.3 is 0 Å². The number of ether oxygens (including phenoxy) is 1. The molecular weight excluding hydrogens is 353 g/mol. The first-order chi connectivity index (χ1) is 13.1. The Hall–Kier alpha value is -3.68. The maximum absolute atomic E-state index is 13.4. The zero-order chi connectivity index (χ0) is 19.2. The molecule has 0 bridgehead atoms. The molecule has 0 saturated carbocycles. The highest BCUT2D eigenvalue weighted by Crippen LogP contribution is 2.24. The molecule has 8 heteroatoms. The first-order valence-corrected chi connectivity index (χ1v) is 8.04. The van der Waals surface area contributed by atoms with Gasteiger partial charge in [0, 0.05) is 5.56 Å². The molecule has 2 N–H and O–H groups in total. The normalized spacial score (nSPS) is 10.3. The summed E-state index contributed by atoms with van der Waals surface area (Å²) in [6.07, 6.45) is 0. The largest absolute Gasteiger partial charge is 0.481 e. The highest BCUT2D eigenvalue weighted by Gasteiger charge is 2.22. The lowest BCUT2D eigenvalue weighted by atomic mass is 10.1. The molecule has 0 aliphatic heterocycles. The molecule has 2 aromatic carbocycles. The van der Waals surface area contributed by atoms with E-state index in [0.717, 1.165) is 0 Å². The van der Waals surface area contributed by atoms with Crippen LogP contribution < -0.4 is 15.6 Å². The summed E-state index contributed by atoms with van der Waals surface area (Å²) >= 11 is 0. The molecule has 0 atom stereocenters. The van der Waals surface area contributed by atoms with Gasteiger partial charge in [0.1, 0.15) is 17.0 Å². The average Bonchev–Trinajstić information content (AvgIpc) is 3.07. The van der Waals surface area contributed by atoms with Gasteiger partial charge in [-0.05, 0) is 19.1 Å². The van der Waals surface area contributed by atoms with E-state index in [1.165, 1.54) is 18.2 Å². The maximum Gasteiger partial charge on any atom is 0.276 e. The summed E-state index contributed by atoms with van der Waals surface area (Å²) in [5.74, 6) is -1.57. The number of aryl methyl sites for hydroxylation is 1. The van der Waals surface area contributed by atoms with Crippen LogP contribution in [0.25, 0.3) is 11.3 Å². The van der Waals surface area contributed by atoms with Crippen LogP contribution in [-0.2, 0) is 4.79 Å². The van der Waals surface area contributed by atoms with Crippen LogP contribution in [0.15, 0.2) is 59.1 Å². The zero-order valence-corrected chi connectivity index (χ0v) is 14.4. The minimum Gasteiger partial charge on any atom is -0.481 e. The Morgan fingerprint density at radius 3 is 2.52 bits per heavy atom. The number of hydrogen-bond acceptors (Lipinski definition) is 5.